The topological polar surface area (TPSA) is 65.5 Å². The highest BCUT2D eigenvalue weighted by atomic mass is 35.5. The lowest BCUT2D eigenvalue weighted by atomic mass is 10.2. The number of sulfonamides is 1. The molecule has 1 unspecified atom stereocenters. The van der Waals surface area contributed by atoms with Gasteiger partial charge in [-0.05, 0) is 49.6 Å². The first-order valence-electron chi connectivity index (χ1n) is 9.36. The van der Waals surface area contributed by atoms with Crippen molar-refractivity contribution in [3.05, 3.63) is 47.4 Å². The minimum Gasteiger partial charge on any atom is -0.369 e. The second kappa shape index (κ2) is 7.85. The minimum absolute atomic E-state index is 0.116. The summed E-state index contributed by atoms with van der Waals surface area (Å²) in [5, 5.41) is 3.46. The second-order valence-electron chi connectivity index (χ2n) is 7.16. The van der Waals surface area contributed by atoms with Gasteiger partial charge in [-0.1, -0.05) is 11.6 Å². The molecular weight excluding hydrogens is 403 g/mol. The van der Waals surface area contributed by atoms with Crippen LogP contribution in [0.1, 0.15) is 19.3 Å². The molecule has 1 atom stereocenters. The van der Waals surface area contributed by atoms with Gasteiger partial charge in [0.2, 0.25) is 10.0 Å². The maximum atomic E-state index is 13.3. The van der Waals surface area contributed by atoms with Gasteiger partial charge in [0.05, 0.1) is 5.02 Å². The van der Waals surface area contributed by atoms with Crippen LogP contribution < -0.4 is 10.2 Å². The van der Waals surface area contributed by atoms with Crippen molar-refractivity contribution < 1.29 is 12.8 Å². The van der Waals surface area contributed by atoms with Crippen molar-refractivity contribution in [2.75, 3.05) is 36.4 Å². The van der Waals surface area contributed by atoms with Crippen LogP contribution in [0.3, 0.4) is 0 Å². The summed E-state index contributed by atoms with van der Waals surface area (Å²) in [6.07, 6.45) is 4.13. The molecule has 3 heterocycles. The Kier molecular flexibility index (Phi) is 5.44. The molecule has 9 heteroatoms. The molecule has 28 heavy (non-hydrogen) atoms. The number of hydrogen-bond acceptors (Lipinski definition) is 5. The standard InChI is InChI=1S/C19H22ClFN4O2S/c20-17-11-15(3-5-18(17)21)24-10-7-14(13-24)23-19-6-4-16(12-22-19)28(26,27)25-8-1-2-9-25/h3-6,11-12,14H,1-2,7-10,13H2,(H,22,23). The molecule has 2 aromatic rings. The Bertz CT molecular complexity index is 949. The highest BCUT2D eigenvalue weighted by Crippen LogP contribution is 2.27. The summed E-state index contributed by atoms with van der Waals surface area (Å²) in [4.78, 5) is 6.66. The smallest absolute Gasteiger partial charge is 0.244 e. The molecule has 0 amide bonds. The van der Waals surface area contributed by atoms with Crippen LogP contribution in [0.4, 0.5) is 15.9 Å². The van der Waals surface area contributed by atoms with Gasteiger partial charge in [-0.25, -0.2) is 17.8 Å². The van der Waals surface area contributed by atoms with Gasteiger partial charge in [0.25, 0.3) is 0 Å². The summed E-state index contributed by atoms with van der Waals surface area (Å²) < 4.78 is 40.0. The van der Waals surface area contributed by atoms with E-state index in [-0.39, 0.29) is 16.0 Å². The lowest BCUT2D eigenvalue weighted by Gasteiger charge is -2.20. The number of halogens is 2. The maximum Gasteiger partial charge on any atom is 0.244 e. The van der Waals surface area contributed by atoms with E-state index in [1.165, 1.54) is 16.6 Å². The van der Waals surface area contributed by atoms with E-state index in [0.29, 0.717) is 18.9 Å². The Morgan fingerprint density at radius 1 is 1.14 bits per heavy atom. The molecule has 150 valence electrons. The predicted molar refractivity (Wildman–Crippen MR) is 108 cm³/mol. The zero-order valence-electron chi connectivity index (χ0n) is 15.3. The molecule has 2 fully saturated rings. The largest absolute Gasteiger partial charge is 0.369 e. The van der Waals surface area contributed by atoms with Crippen LogP contribution in [0, 0.1) is 5.82 Å². The molecule has 0 aliphatic carbocycles. The van der Waals surface area contributed by atoms with Crippen molar-refractivity contribution in [3.8, 4) is 0 Å². The molecule has 0 saturated carbocycles. The lowest BCUT2D eigenvalue weighted by Crippen LogP contribution is -2.28. The number of aromatic nitrogens is 1. The van der Waals surface area contributed by atoms with Crippen LogP contribution in [0.2, 0.25) is 5.02 Å². The molecule has 0 radical (unpaired) electrons. The molecule has 1 aromatic heterocycles. The van der Waals surface area contributed by atoms with Crippen molar-refractivity contribution in [2.45, 2.75) is 30.2 Å². The molecule has 2 aliphatic rings. The monoisotopic (exact) mass is 424 g/mol. The van der Waals surface area contributed by atoms with E-state index in [9.17, 15) is 12.8 Å². The predicted octanol–water partition coefficient (Wildman–Crippen LogP) is 3.35. The minimum atomic E-state index is -3.44. The molecule has 1 N–H and O–H groups in total. The Morgan fingerprint density at radius 3 is 2.61 bits per heavy atom. The highest BCUT2D eigenvalue weighted by Gasteiger charge is 2.28. The van der Waals surface area contributed by atoms with E-state index in [1.54, 1.807) is 24.3 Å². The number of nitrogens with one attached hydrogen (secondary N) is 1. The fourth-order valence-corrected chi connectivity index (χ4v) is 5.34. The Balaban J connectivity index is 1.39. The van der Waals surface area contributed by atoms with Gasteiger partial charge in [0, 0.05) is 44.1 Å². The summed E-state index contributed by atoms with van der Waals surface area (Å²) in [6.45, 7) is 2.71. The van der Waals surface area contributed by atoms with Crippen LogP contribution in [0.5, 0.6) is 0 Å². The zero-order valence-corrected chi connectivity index (χ0v) is 16.9. The third-order valence-corrected chi connectivity index (χ3v) is 7.42. The normalized spacial score (nSPS) is 20.6. The first-order chi connectivity index (χ1) is 13.4. The van der Waals surface area contributed by atoms with E-state index in [2.05, 4.69) is 15.2 Å². The van der Waals surface area contributed by atoms with Crippen LogP contribution in [0.15, 0.2) is 41.4 Å². The molecule has 2 saturated heterocycles. The quantitative estimate of drug-likeness (QED) is 0.797. The number of anilines is 2. The van der Waals surface area contributed by atoms with Crippen molar-refractivity contribution in [3.63, 3.8) is 0 Å². The number of hydrogen-bond donors (Lipinski definition) is 1. The number of rotatable bonds is 5. The van der Waals surface area contributed by atoms with E-state index in [4.69, 9.17) is 11.6 Å². The number of benzene rings is 1. The fourth-order valence-electron chi connectivity index (χ4n) is 3.70. The van der Waals surface area contributed by atoms with Crippen LogP contribution in [-0.2, 0) is 10.0 Å². The molecule has 1 aromatic carbocycles. The number of nitrogens with zero attached hydrogens (tertiary/aromatic N) is 3. The average molecular weight is 425 g/mol. The van der Waals surface area contributed by atoms with Crippen LogP contribution in [0.25, 0.3) is 0 Å². The molecular formula is C19H22ClFN4O2S. The van der Waals surface area contributed by atoms with Crippen molar-refractivity contribution in [2.24, 2.45) is 0 Å². The molecule has 6 nitrogen and oxygen atoms in total. The summed E-state index contributed by atoms with van der Waals surface area (Å²) in [7, 11) is -3.44. The Hall–Kier alpha value is -1.90. The Labute approximate surface area is 169 Å². The highest BCUT2D eigenvalue weighted by molar-refractivity contribution is 7.89. The van der Waals surface area contributed by atoms with E-state index >= 15 is 0 Å². The molecule has 0 spiro atoms. The van der Waals surface area contributed by atoms with Gasteiger partial charge >= 0.3 is 0 Å². The molecule has 2 aliphatic heterocycles. The van der Waals surface area contributed by atoms with Gasteiger partial charge in [-0.3, -0.25) is 0 Å². The summed E-state index contributed by atoms with van der Waals surface area (Å²) in [6, 6.07) is 8.21. The maximum absolute atomic E-state index is 13.3. The van der Waals surface area contributed by atoms with Gasteiger partial charge in [-0.15, -0.1) is 0 Å². The summed E-state index contributed by atoms with van der Waals surface area (Å²) in [5.74, 6) is 0.219. The second-order valence-corrected chi connectivity index (χ2v) is 9.51. The molecule has 0 bridgehead atoms. The van der Waals surface area contributed by atoms with Crippen molar-refractivity contribution >= 4 is 33.1 Å². The van der Waals surface area contributed by atoms with Crippen LogP contribution in [-0.4, -0.2) is 49.9 Å². The van der Waals surface area contributed by atoms with E-state index in [1.807, 2.05) is 0 Å². The van der Waals surface area contributed by atoms with E-state index in [0.717, 1.165) is 38.0 Å². The summed E-state index contributed by atoms with van der Waals surface area (Å²) in [5.41, 5.74) is 0.885. The third kappa shape index (κ3) is 3.94. The van der Waals surface area contributed by atoms with E-state index < -0.39 is 15.8 Å². The van der Waals surface area contributed by atoms with Gasteiger partial charge in [-0.2, -0.15) is 4.31 Å². The SMILES string of the molecule is O=S(=O)(c1ccc(NC2CCN(c3ccc(F)c(Cl)c3)C2)nc1)N1CCCC1. The lowest BCUT2D eigenvalue weighted by molar-refractivity contribution is 0.477. The van der Waals surface area contributed by atoms with Gasteiger partial charge in [0.15, 0.2) is 0 Å². The Morgan fingerprint density at radius 2 is 1.93 bits per heavy atom. The zero-order chi connectivity index (χ0) is 19.7. The first kappa shape index (κ1) is 19.4. The van der Waals surface area contributed by atoms with Gasteiger partial charge in [0.1, 0.15) is 16.5 Å². The van der Waals surface area contributed by atoms with Crippen LogP contribution >= 0.6 is 11.6 Å². The van der Waals surface area contributed by atoms with Crippen molar-refractivity contribution in [1.29, 1.82) is 0 Å². The number of pyridine rings is 1. The average Bonchev–Trinajstić information content (AvgIpc) is 3.37. The van der Waals surface area contributed by atoms with Crippen molar-refractivity contribution in [1.82, 2.24) is 9.29 Å². The first-order valence-corrected chi connectivity index (χ1v) is 11.2. The van der Waals surface area contributed by atoms with Gasteiger partial charge < -0.3 is 10.2 Å². The fraction of sp³-hybridized carbons (Fsp3) is 0.421. The third-order valence-electron chi connectivity index (χ3n) is 5.25. The summed E-state index contributed by atoms with van der Waals surface area (Å²) >= 11 is 5.88. The molecule has 4 rings (SSSR count).